The Hall–Kier alpha value is -1.25. The first kappa shape index (κ1) is 19.5. The van der Waals surface area contributed by atoms with Crippen LogP contribution in [0.5, 0.6) is 0 Å². The Balaban J connectivity index is 1.71. The number of benzene rings is 2. The number of nitrogens with one attached hydrogen (secondary N) is 1. The molecule has 0 bridgehead atoms. The maximum absolute atomic E-state index is 13.8. The van der Waals surface area contributed by atoms with E-state index >= 15 is 0 Å². The molecule has 1 heterocycles. The second-order valence-electron chi connectivity index (χ2n) is 6.11. The fraction of sp³-hybridized carbons (Fsp3) is 0.294. The number of nitrogens with zero attached hydrogens (tertiary/aromatic N) is 1. The Morgan fingerprint density at radius 3 is 2.27 bits per heavy atom. The third-order valence-electron chi connectivity index (χ3n) is 4.43. The summed E-state index contributed by atoms with van der Waals surface area (Å²) in [4.78, 5) is 0.882. The molecule has 0 aliphatic carbocycles. The van der Waals surface area contributed by atoms with Gasteiger partial charge in [0.15, 0.2) is 0 Å². The molecule has 1 aliphatic heterocycles. The fourth-order valence-electron chi connectivity index (χ4n) is 2.98. The van der Waals surface area contributed by atoms with Gasteiger partial charge in [0.2, 0.25) is 10.0 Å². The van der Waals surface area contributed by atoms with E-state index in [0.29, 0.717) is 13.1 Å². The van der Waals surface area contributed by atoms with Crippen molar-refractivity contribution in [2.75, 3.05) is 26.2 Å². The lowest BCUT2D eigenvalue weighted by molar-refractivity contribution is -0.917. The van der Waals surface area contributed by atoms with Gasteiger partial charge >= 0.3 is 0 Å². The van der Waals surface area contributed by atoms with Crippen LogP contribution in [0, 0.1) is 11.6 Å². The Morgan fingerprint density at radius 2 is 1.65 bits per heavy atom. The van der Waals surface area contributed by atoms with Crippen LogP contribution in [0.3, 0.4) is 0 Å². The number of hydrogen-bond acceptors (Lipinski definition) is 2. The summed E-state index contributed by atoms with van der Waals surface area (Å²) in [6.45, 7) is 1.51. The predicted molar refractivity (Wildman–Crippen MR) is 96.0 cm³/mol. The van der Waals surface area contributed by atoms with Crippen LogP contribution in [-0.4, -0.2) is 38.9 Å². The molecular formula is C17H17Cl2F2N2O2S+. The van der Waals surface area contributed by atoms with Gasteiger partial charge in [-0.1, -0.05) is 29.3 Å². The molecule has 0 saturated carbocycles. The molecule has 0 unspecified atom stereocenters. The molecule has 2 aromatic rings. The molecule has 0 aromatic heterocycles. The number of sulfonamides is 1. The molecule has 0 amide bonds. The van der Waals surface area contributed by atoms with Crippen LogP contribution in [0.25, 0.3) is 0 Å². The topological polar surface area (TPSA) is 41.8 Å². The summed E-state index contributed by atoms with van der Waals surface area (Å²) in [6, 6.07) is 8.06. The molecule has 0 radical (unpaired) electrons. The average molecular weight is 422 g/mol. The largest absolute Gasteiger partial charge is 0.329 e. The van der Waals surface area contributed by atoms with Gasteiger partial charge < -0.3 is 4.90 Å². The molecule has 26 heavy (non-hydrogen) atoms. The van der Waals surface area contributed by atoms with Crippen LogP contribution >= 0.6 is 23.2 Å². The lowest BCUT2D eigenvalue weighted by atomic mass is 10.1. The van der Waals surface area contributed by atoms with Gasteiger partial charge in [0.05, 0.1) is 36.8 Å². The molecular weight excluding hydrogens is 405 g/mol. The minimum absolute atomic E-state index is 0.0247. The lowest BCUT2D eigenvalue weighted by Crippen LogP contribution is -3.13. The van der Waals surface area contributed by atoms with E-state index in [1.165, 1.54) is 40.7 Å². The highest BCUT2D eigenvalue weighted by molar-refractivity contribution is 7.89. The first-order valence-corrected chi connectivity index (χ1v) is 10.2. The van der Waals surface area contributed by atoms with Crippen molar-refractivity contribution in [3.63, 3.8) is 0 Å². The SMILES string of the molecule is O=S(=O)(c1cc(Cl)ccc1Cl)N1CC[NH+](Cc2c(F)cccc2F)CC1. The standard InChI is InChI=1S/C17H16Cl2F2N2O2S/c18-12-4-5-14(19)17(10-12)26(24,25)23-8-6-22(7-9-23)11-13-15(20)2-1-3-16(13)21/h1-5,10H,6-9,11H2/p+1. The van der Waals surface area contributed by atoms with E-state index in [9.17, 15) is 17.2 Å². The van der Waals surface area contributed by atoms with E-state index in [1.54, 1.807) is 0 Å². The molecule has 140 valence electrons. The van der Waals surface area contributed by atoms with Gasteiger partial charge in [-0.2, -0.15) is 4.31 Å². The zero-order chi connectivity index (χ0) is 18.9. The summed E-state index contributed by atoms with van der Waals surface area (Å²) >= 11 is 11.9. The average Bonchev–Trinajstić information content (AvgIpc) is 2.61. The van der Waals surface area contributed by atoms with E-state index in [0.717, 1.165) is 4.90 Å². The maximum atomic E-state index is 13.8. The Labute approximate surface area is 161 Å². The first-order valence-electron chi connectivity index (χ1n) is 8.00. The highest BCUT2D eigenvalue weighted by Crippen LogP contribution is 2.27. The molecule has 1 N–H and O–H groups in total. The molecule has 1 fully saturated rings. The zero-order valence-corrected chi connectivity index (χ0v) is 16.0. The van der Waals surface area contributed by atoms with Gasteiger partial charge in [-0.25, -0.2) is 17.2 Å². The van der Waals surface area contributed by atoms with Gasteiger partial charge in [0, 0.05) is 5.02 Å². The molecule has 9 heteroatoms. The van der Waals surface area contributed by atoms with Crippen molar-refractivity contribution in [1.82, 2.24) is 4.31 Å². The van der Waals surface area contributed by atoms with Crippen molar-refractivity contribution < 1.29 is 22.1 Å². The minimum Gasteiger partial charge on any atom is -0.329 e. The molecule has 1 aliphatic rings. The van der Waals surface area contributed by atoms with Crippen molar-refractivity contribution in [3.05, 3.63) is 63.6 Å². The van der Waals surface area contributed by atoms with Crippen LogP contribution in [-0.2, 0) is 16.6 Å². The Morgan fingerprint density at radius 1 is 1.04 bits per heavy atom. The minimum atomic E-state index is -3.77. The summed E-state index contributed by atoms with van der Waals surface area (Å²) in [7, 11) is -3.77. The molecule has 2 aromatic carbocycles. The van der Waals surface area contributed by atoms with Gasteiger partial charge in [0.1, 0.15) is 23.1 Å². The van der Waals surface area contributed by atoms with Gasteiger partial charge in [-0.3, -0.25) is 0 Å². The van der Waals surface area contributed by atoms with Crippen molar-refractivity contribution in [2.45, 2.75) is 11.4 Å². The van der Waals surface area contributed by atoms with Crippen molar-refractivity contribution >= 4 is 33.2 Å². The van der Waals surface area contributed by atoms with Crippen LogP contribution in [0.1, 0.15) is 5.56 Å². The third-order valence-corrected chi connectivity index (χ3v) is 7.04. The van der Waals surface area contributed by atoms with Gasteiger partial charge in [-0.05, 0) is 30.3 Å². The number of hydrogen-bond donors (Lipinski definition) is 1. The third kappa shape index (κ3) is 4.02. The van der Waals surface area contributed by atoms with E-state index < -0.39 is 21.7 Å². The summed E-state index contributed by atoms with van der Waals surface area (Å²) < 4.78 is 54.5. The smallest absolute Gasteiger partial charge is 0.245 e. The van der Waals surface area contributed by atoms with E-state index in [2.05, 4.69) is 0 Å². The predicted octanol–water partition coefficient (Wildman–Crippen LogP) is 2.36. The summed E-state index contributed by atoms with van der Waals surface area (Å²) in [5.74, 6) is -1.17. The van der Waals surface area contributed by atoms with E-state index in [4.69, 9.17) is 23.2 Å². The zero-order valence-electron chi connectivity index (χ0n) is 13.7. The van der Waals surface area contributed by atoms with E-state index in [1.807, 2.05) is 0 Å². The quantitative estimate of drug-likeness (QED) is 0.822. The maximum Gasteiger partial charge on any atom is 0.245 e. The summed E-state index contributed by atoms with van der Waals surface area (Å²) in [5.41, 5.74) is 0.0247. The molecule has 4 nitrogen and oxygen atoms in total. The summed E-state index contributed by atoms with van der Waals surface area (Å²) in [6.07, 6.45) is 0. The van der Waals surface area contributed by atoms with Crippen molar-refractivity contribution in [2.24, 2.45) is 0 Å². The highest BCUT2D eigenvalue weighted by atomic mass is 35.5. The van der Waals surface area contributed by atoms with Crippen molar-refractivity contribution in [1.29, 1.82) is 0 Å². The Kier molecular flexibility index (Phi) is 5.84. The molecule has 0 spiro atoms. The van der Waals surface area contributed by atoms with Crippen LogP contribution in [0.4, 0.5) is 8.78 Å². The number of rotatable bonds is 4. The molecule has 3 rings (SSSR count). The highest BCUT2D eigenvalue weighted by Gasteiger charge is 2.32. The van der Waals surface area contributed by atoms with Gasteiger partial charge in [-0.15, -0.1) is 0 Å². The second-order valence-corrected chi connectivity index (χ2v) is 8.86. The van der Waals surface area contributed by atoms with E-state index in [-0.39, 0.29) is 40.1 Å². The first-order chi connectivity index (χ1) is 12.3. The lowest BCUT2D eigenvalue weighted by Gasteiger charge is -2.31. The van der Waals surface area contributed by atoms with Crippen LogP contribution < -0.4 is 4.90 Å². The Bertz CT molecular complexity index is 897. The van der Waals surface area contributed by atoms with Gasteiger partial charge in [0.25, 0.3) is 0 Å². The number of quaternary nitrogens is 1. The monoisotopic (exact) mass is 421 g/mol. The van der Waals surface area contributed by atoms with Crippen LogP contribution in [0.2, 0.25) is 10.0 Å². The van der Waals surface area contributed by atoms with Crippen molar-refractivity contribution in [3.8, 4) is 0 Å². The normalized spacial score (nSPS) is 16.8. The second kappa shape index (κ2) is 7.78. The molecule has 0 atom stereocenters. The summed E-state index contributed by atoms with van der Waals surface area (Å²) in [5, 5.41) is 0.393. The number of halogens is 4. The fourth-order valence-corrected chi connectivity index (χ4v) is 5.16. The van der Waals surface area contributed by atoms with Crippen LogP contribution in [0.15, 0.2) is 41.3 Å². The molecule has 1 saturated heterocycles. The number of piperazine rings is 1.